The highest BCUT2D eigenvalue weighted by atomic mass is 16.5. The van der Waals surface area contributed by atoms with Crippen LogP contribution in [0.1, 0.15) is 58.8 Å². The fraction of sp³-hybridized carbons (Fsp3) is 0.917. The third-order valence-electron chi connectivity index (χ3n) is 2.27. The molecule has 0 amide bonds. The summed E-state index contributed by atoms with van der Waals surface area (Å²) in [6.45, 7) is 4.91. The van der Waals surface area contributed by atoms with E-state index in [2.05, 4.69) is 11.9 Å². The molecule has 0 N–H and O–H groups in total. The molecule has 0 saturated carbocycles. The summed E-state index contributed by atoms with van der Waals surface area (Å²) >= 11 is 0. The Morgan fingerprint density at radius 1 is 1.13 bits per heavy atom. The van der Waals surface area contributed by atoms with Crippen molar-refractivity contribution in [3.05, 3.63) is 0 Å². The van der Waals surface area contributed by atoms with Crippen molar-refractivity contribution in [1.29, 1.82) is 0 Å². The summed E-state index contributed by atoms with van der Waals surface area (Å²) in [5.74, 6) is 0. The van der Waals surface area contributed by atoms with Crippen molar-refractivity contribution in [3.8, 4) is 0 Å². The van der Waals surface area contributed by atoms with E-state index < -0.39 is 0 Å². The van der Waals surface area contributed by atoms with E-state index in [9.17, 15) is 4.79 Å². The minimum atomic E-state index is -0.260. The number of hydrogen-bond acceptors (Lipinski definition) is 3. The molecule has 0 heterocycles. The molecule has 15 heavy (non-hydrogen) atoms. The molecule has 0 saturated heterocycles. The van der Waals surface area contributed by atoms with Crippen LogP contribution in [-0.4, -0.2) is 18.9 Å². The first-order chi connectivity index (χ1) is 7.35. The van der Waals surface area contributed by atoms with Gasteiger partial charge in [-0.15, -0.1) is 0 Å². The van der Waals surface area contributed by atoms with E-state index in [0.717, 1.165) is 19.3 Å². The van der Waals surface area contributed by atoms with Gasteiger partial charge in [-0.3, -0.25) is 0 Å². The van der Waals surface area contributed by atoms with Crippen LogP contribution in [0.4, 0.5) is 0 Å². The lowest BCUT2D eigenvalue weighted by Crippen LogP contribution is -2.10. The summed E-state index contributed by atoms with van der Waals surface area (Å²) in [7, 11) is 0. The Kier molecular flexibility index (Phi) is 10.9. The Labute approximate surface area is 92.9 Å². The Morgan fingerprint density at radius 3 is 2.47 bits per heavy atom. The van der Waals surface area contributed by atoms with Crippen LogP contribution in [0.2, 0.25) is 0 Å². The second kappa shape index (κ2) is 11.4. The number of nitrogens with zero attached hydrogens (tertiary/aromatic N) is 1. The maximum absolute atomic E-state index is 10.1. The van der Waals surface area contributed by atoms with E-state index in [1.165, 1.54) is 25.7 Å². The monoisotopic (exact) mass is 213 g/mol. The summed E-state index contributed by atoms with van der Waals surface area (Å²) < 4.78 is 5.41. The molecular weight excluding hydrogens is 190 g/mol. The van der Waals surface area contributed by atoms with Gasteiger partial charge in [0.05, 0.1) is 0 Å². The van der Waals surface area contributed by atoms with Gasteiger partial charge in [0.2, 0.25) is 6.08 Å². The number of isocyanates is 1. The average molecular weight is 213 g/mol. The zero-order valence-electron chi connectivity index (χ0n) is 10.00. The Morgan fingerprint density at radius 2 is 1.87 bits per heavy atom. The van der Waals surface area contributed by atoms with Crippen molar-refractivity contribution in [2.24, 2.45) is 4.99 Å². The molecule has 3 nitrogen and oxygen atoms in total. The van der Waals surface area contributed by atoms with Gasteiger partial charge in [-0.05, 0) is 19.3 Å². The van der Waals surface area contributed by atoms with Crippen LogP contribution in [0.25, 0.3) is 0 Å². The Bertz CT molecular complexity index is 176. The number of hydrogen-bond donors (Lipinski definition) is 0. The van der Waals surface area contributed by atoms with Crippen LogP contribution in [0.15, 0.2) is 4.99 Å². The second-order valence-corrected chi connectivity index (χ2v) is 3.75. The van der Waals surface area contributed by atoms with Crippen LogP contribution in [0.3, 0.4) is 0 Å². The van der Waals surface area contributed by atoms with Crippen LogP contribution in [0.5, 0.6) is 0 Å². The lowest BCUT2D eigenvalue weighted by Gasteiger charge is -2.10. The molecule has 88 valence electrons. The van der Waals surface area contributed by atoms with E-state index >= 15 is 0 Å². The number of ether oxygens (including phenoxy) is 1. The number of carbonyl (C=O) groups excluding carboxylic acids is 1. The van der Waals surface area contributed by atoms with Gasteiger partial charge in [0.25, 0.3) is 0 Å². The molecule has 0 fully saturated rings. The molecule has 0 aliphatic heterocycles. The highest BCUT2D eigenvalue weighted by Crippen LogP contribution is 2.10. The van der Waals surface area contributed by atoms with Crippen LogP contribution in [0, 0.1) is 0 Å². The first-order valence-corrected chi connectivity index (χ1v) is 6.03. The average Bonchev–Trinajstić information content (AvgIpc) is 2.25. The molecule has 1 atom stereocenters. The Hall–Kier alpha value is -0.660. The number of rotatable bonds is 10. The molecule has 0 aliphatic carbocycles. The van der Waals surface area contributed by atoms with Gasteiger partial charge in [-0.2, -0.15) is 4.99 Å². The standard InChI is InChI=1S/C12H23NO2/c1-3-5-6-7-8-9-12(13-11-14)15-10-4-2/h12H,3-10H2,1-2H3. The van der Waals surface area contributed by atoms with E-state index in [1.54, 1.807) is 6.08 Å². The second-order valence-electron chi connectivity index (χ2n) is 3.75. The molecule has 0 rings (SSSR count). The van der Waals surface area contributed by atoms with E-state index in [-0.39, 0.29) is 6.23 Å². The first-order valence-electron chi connectivity index (χ1n) is 6.03. The molecule has 1 unspecified atom stereocenters. The van der Waals surface area contributed by atoms with E-state index in [4.69, 9.17) is 4.74 Å². The number of aliphatic imine (C=N–C) groups is 1. The predicted octanol–water partition coefficient (Wildman–Crippen LogP) is 3.44. The van der Waals surface area contributed by atoms with Crippen molar-refractivity contribution in [3.63, 3.8) is 0 Å². The van der Waals surface area contributed by atoms with E-state index in [0.29, 0.717) is 6.61 Å². The lowest BCUT2D eigenvalue weighted by atomic mass is 10.1. The van der Waals surface area contributed by atoms with Gasteiger partial charge >= 0.3 is 0 Å². The molecular formula is C12H23NO2. The fourth-order valence-corrected chi connectivity index (χ4v) is 1.42. The summed E-state index contributed by atoms with van der Waals surface area (Å²) in [6, 6.07) is 0. The molecule has 0 aliphatic rings. The molecule has 0 aromatic heterocycles. The zero-order valence-corrected chi connectivity index (χ0v) is 10.00. The van der Waals surface area contributed by atoms with Gasteiger partial charge in [-0.25, -0.2) is 4.79 Å². The molecule has 0 bridgehead atoms. The fourth-order valence-electron chi connectivity index (χ4n) is 1.42. The van der Waals surface area contributed by atoms with Gasteiger partial charge in [0.1, 0.15) is 0 Å². The Balaban J connectivity index is 3.52. The number of unbranched alkanes of at least 4 members (excludes halogenated alkanes) is 4. The van der Waals surface area contributed by atoms with Crippen molar-refractivity contribution < 1.29 is 9.53 Å². The molecule has 0 spiro atoms. The zero-order chi connectivity index (χ0) is 11.4. The maximum atomic E-state index is 10.1. The summed E-state index contributed by atoms with van der Waals surface area (Å²) in [4.78, 5) is 13.8. The largest absolute Gasteiger partial charge is 0.356 e. The van der Waals surface area contributed by atoms with Gasteiger partial charge < -0.3 is 4.74 Å². The van der Waals surface area contributed by atoms with Gasteiger partial charge in [0.15, 0.2) is 6.23 Å². The quantitative estimate of drug-likeness (QED) is 0.317. The van der Waals surface area contributed by atoms with Crippen LogP contribution >= 0.6 is 0 Å². The third-order valence-corrected chi connectivity index (χ3v) is 2.27. The van der Waals surface area contributed by atoms with Crippen molar-refractivity contribution >= 4 is 6.08 Å². The van der Waals surface area contributed by atoms with Crippen molar-refractivity contribution in [2.75, 3.05) is 6.61 Å². The van der Waals surface area contributed by atoms with Crippen molar-refractivity contribution in [2.45, 2.75) is 65.0 Å². The van der Waals surface area contributed by atoms with Gasteiger partial charge in [-0.1, -0.05) is 39.5 Å². The maximum Gasteiger partial charge on any atom is 0.237 e. The minimum absolute atomic E-state index is 0.260. The lowest BCUT2D eigenvalue weighted by molar-refractivity contribution is 0.0523. The first kappa shape index (κ1) is 14.3. The molecule has 0 aromatic rings. The SMILES string of the molecule is CCCCCCCC(N=C=O)OCCC. The molecule has 0 radical (unpaired) electrons. The van der Waals surface area contributed by atoms with Crippen molar-refractivity contribution in [1.82, 2.24) is 0 Å². The van der Waals surface area contributed by atoms with E-state index in [1.807, 2.05) is 6.92 Å². The van der Waals surface area contributed by atoms with Gasteiger partial charge in [0, 0.05) is 6.61 Å². The molecule has 0 aromatic carbocycles. The van der Waals surface area contributed by atoms with Crippen LogP contribution in [-0.2, 0) is 9.53 Å². The highest BCUT2D eigenvalue weighted by Gasteiger charge is 2.05. The summed E-state index contributed by atoms with van der Waals surface area (Å²) in [5, 5.41) is 0. The van der Waals surface area contributed by atoms with Crippen LogP contribution < -0.4 is 0 Å². The predicted molar refractivity (Wildman–Crippen MR) is 61.5 cm³/mol. The smallest absolute Gasteiger partial charge is 0.237 e. The highest BCUT2D eigenvalue weighted by molar-refractivity contribution is 5.33. The molecule has 3 heteroatoms. The topological polar surface area (TPSA) is 38.7 Å². The normalized spacial score (nSPS) is 12.1. The summed E-state index contributed by atoms with van der Waals surface area (Å²) in [6.07, 6.45) is 9.22. The minimum Gasteiger partial charge on any atom is -0.356 e. The third kappa shape index (κ3) is 9.64. The summed E-state index contributed by atoms with van der Waals surface area (Å²) in [5.41, 5.74) is 0.